The summed E-state index contributed by atoms with van der Waals surface area (Å²) in [7, 11) is 0. The van der Waals surface area contributed by atoms with Crippen LogP contribution in [0.25, 0.3) is 11.0 Å². The number of rotatable bonds is 2. The van der Waals surface area contributed by atoms with Gasteiger partial charge in [0.05, 0.1) is 17.6 Å². The van der Waals surface area contributed by atoms with E-state index in [0.717, 1.165) is 0 Å². The standard InChI is InChI=1S/C13H14FN3O5S/c1-4-7(19)5-2-17(13(23)16-11(5)15-10(4)14)12-9(21)8(20)6(3-18)22-12/h2,6,8-9,12,18,20-21H,3H2,1H3,(H,15,16,23)/t6-,8?,9+,12-/m1/s1. The largest absolute Gasteiger partial charge is 0.394 e. The zero-order valence-electron chi connectivity index (χ0n) is 11.9. The highest BCUT2D eigenvalue weighted by atomic mass is 32.1. The highest BCUT2D eigenvalue weighted by Gasteiger charge is 2.43. The summed E-state index contributed by atoms with van der Waals surface area (Å²) >= 11 is 5.07. The Balaban J connectivity index is 2.18. The second-order valence-corrected chi connectivity index (χ2v) is 5.68. The number of hydrogen-bond acceptors (Lipinski definition) is 7. The van der Waals surface area contributed by atoms with Gasteiger partial charge in [0.25, 0.3) is 0 Å². The molecule has 1 aliphatic rings. The summed E-state index contributed by atoms with van der Waals surface area (Å²) in [4.78, 5) is 18.4. The Hall–Kier alpha value is -1.72. The first-order valence-electron chi connectivity index (χ1n) is 6.79. The number of H-pyrrole nitrogens is 1. The van der Waals surface area contributed by atoms with E-state index in [9.17, 15) is 19.4 Å². The lowest BCUT2D eigenvalue weighted by molar-refractivity contribution is -0.0538. The predicted molar refractivity (Wildman–Crippen MR) is 78.9 cm³/mol. The van der Waals surface area contributed by atoms with Gasteiger partial charge in [0, 0.05) is 6.20 Å². The second-order valence-electron chi connectivity index (χ2n) is 5.31. The molecule has 1 unspecified atom stereocenters. The lowest BCUT2D eigenvalue weighted by Crippen LogP contribution is -2.33. The number of pyridine rings is 1. The SMILES string of the molecule is Cc1c(F)[nH]c2nc(=S)n([C@@H]3O[C@H](CO)C(O)[C@@H]3O)cc2c1=O. The van der Waals surface area contributed by atoms with Gasteiger partial charge < -0.3 is 25.0 Å². The number of halogens is 1. The zero-order valence-corrected chi connectivity index (χ0v) is 12.7. The van der Waals surface area contributed by atoms with Crippen LogP contribution in [-0.4, -0.2) is 54.8 Å². The van der Waals surface area contributed by atoms with Crippen LogP contribution in [0.3, 0.4) is 0 Å². The van der Waals surface area contributed by atoms with Crippen LogP contribution in [0.2, 0.25) is 0 Å². The smallest absolute Gasteiger partial charge is 0.203 e. The fraction of sp³-hybridized carbons (Fsp3) is 0.462. The highest BCUT2D eigenvalue weighted by Crippen LogP contribution is 2.29. The molecule has 4 atom stereocenters. The van der Waals surface area contributed by atoms with Crippen LogP contribution in [0.15, 0.2) is 11.0 Å². The predicted octanol–water partition coefficient (Wildman–Crippen LogP) is -0.487. The van der Waals surface area contributed by atoms with Crippen LogP contribution in [-0.2, 0) is 4.74 Å². The maximum absolute atomic E-state index is 13.6. The molecule has 124 valence electrons. The van der Waals surface area contributed by atoms with E-state index in [4.69, 9.17) is 22.1 Å². The van der Waals surface area contributed by atoms with Gasteiger partial charge in [-0.1, -0.05) is 0 Å². The van der Waals surface area contributed by atoms with Crippen molar-refractivity contribution in [1.29, 1.82) is 0 Å². The number of nitrogens with zero attached hydrogens (tertiary/aromatic N) is 2. The third-order valence-electron chi connectivity index (χ3n) is 3.89. The number of aromatic amines is 1. The van der Waals surface area contributed by atoms with Crippen molar-refractivity contribution in [2.24, 2.45) is 0 Å². The number of ether oxygens (including phenoxy) is 1. The Morgan fingerprint density at radius 1 is 1.48 bits per heavy atom. The average molecular weight is 343 g/mol. The summed E-state index contributed by atoms with van der Waals surface area (Å²) in [5.41, 5.74) is -0.700. The van der Waals surface area contributed by atoms with E-state index in [0.29, 0.717) is 0 Å². The number of aliphatic hydroxyl groups is 3. The quantitative estimate of drug-likeness (QED) is 0.429. The first kappa shape index (κ1) is 16.1. The summed E-state index contributed by atoms with van der Waals surface area (Å²) in [6.07, 6.45) is -3.48. The minimum Gasteiger partial charge on any atom is -0.394 e. The molecule has 3 heterocycles. The maximum atomic E-state index is 13.6. The minimum atomic E-state index is -1.36. The van der Waals surface area contributed by atoms with Gasteiger partial charge in [-0.15, -0.1) is 0 Å². The molecular formula is C13H14FN3O5S. The second kappa shape index (κ2) is 5.73. The molecule has 23 heavy (non-hydrogen) atoms. The third-order valence-corrected chi connectivity index (χ3v) is 4.19. The van der Waals surface area contributed by atoms with Gasteiger partial charge in [0.15, 0.2) is 17.6 Å². The van der Waals surface area contributed by atoms with E-state index >= 15 is 0 Å². The monoisotopic (exact) mass is 343 g/mol. The van der Waals surface area contributed by atoms with Crippen molar-refractivity contribution < 1.29 is 24.4 Å². The molecule has 0 bridgehead atoms. The highest BCUT2D eigenvalue weighted by molar-refractivity contribution is 7.71. The Morgan fingerprint density at radius 3 is 2.78 bits per heavy atom. The number of nitrogens with one attached hydrogen (secondary N) is 1. The molecule has 10 heteroatoms. The van der Waals surface area contributed by atoms with Crippen LogP contribution >= 0.6 is 12.2 Å². The zero-order chi connectivity index (χ0) is 16.9. The fourth-order valence-corrected chi connectivity index (χ4v) is 2.77. The molecule has 2 aromatic heterocycles. The van der Waals surface area contributed by atoms with E-state index in [1.807, 2.05) is 0 Å². The minimum absolute atomic E-state index is 0.0221. The summed E-state index contributed by atoms with van der Waals surface area (Å²) in [6.45, 7) is 0.833. The van der Waals surface area contributed by atoms with Crippen LogP contribution in [0.5, 0.6) is 0 Å². The van der Waals surface area contributed by atoms with Crippen LogP contribution in [0, 0.1) is 17.6 Å². The molecule has 0 aliphatic carbocycles. The number of hydrogen-bond donors (Lipinski definition) is 4. The molecule has 2 aromatic rings. The van der Waals surface area contributed by atoms with Gasteiger partial charge in [-0.2, -0.15) is 4.39 Å². The van der Waals surface area contributed by atoms with E-state index in [-0.39, 0.29) is 21.4 Å². The molecule has 0 amide bonds. The molecule has 8 nitrogen and oxygen atoms in total. The fourth-order valence-electron chi connectivity index (χ4n) is 2.52. The molecule has 1 saturated heterocycles. The molecule has 0 spiro atoms. The summed E-state index contributed by atoms with van der Waals surface area (Å²) in [5, 5.41) is 29.1. The Morgan fingerprint density at radius 2 is 2.17 bits per heavy atom. The van der Waals surface area contributed by atoms with E-state index < -0.39 is 42.5 Å². The summed E-state index contributed by atoms with van der Waals surface area (Å²) in [6, 6.07) is 0. The molecule has 0 radical (unpaired) electrons. The number of aromatic nitrogens is 3. The molecule has 4 N–H and O–H groups in total. The number of aliphatic hydroxyl groups excluding tert-OH is 3. The van der Waals surface area contributed by atoms with Crippen molar-refractivity contribution >= 4 is 23.3 Å². The van der Waals surface area contributed by atoms with Gasteiger partial charge in [0.2, 0.25) is 4.77 Å². The van der Waals surface area contributed by atoms with Gasteiger partial charge in [-0.3, -0.25) is 9.36 Å². The first-order chi connectivity index (χ1) is 10.8. The van der Waals surface area contributed by atoms with Crippen LogP contribution in [0.1, 0.15) is 11.8 Å². The molecular weight excluding hydrogens is 329 g/mol. The van der Waals surface area contributed by atoms with Gasteiger partial charge in [0.1, 0.15) is 24.0 Å². The summed E-state index contributed by atoms with van der Waals surface area (Å²) < 4.78 is 20.1. The van der Waals surface area contributed by atoms with Crippen LogP contribution < -0.4 is 5.43 Å². The third kappa shape index (κ3) is 2.48. The van der Waals surface area contributed by atoms with Crippen molar-refractivity contribution in [3.8, 4) is 0 Å². The molecule has 1 aliphatic heterocycles. The molecule has 0 saturated carbocycles. The van der Waals surface area contributed by atoms with E-state index in [1.165, 1.54) is 17.7 Å². The molecule has 1 fully saturated rings. The van der Waals surface area contributed by atoms with Crippen molar-refractivity contribution in [2.45, 2.75) is 31.5 Å². The van der Waals surface area contributed by atoms with Crippen molar-refractivity contribution in [3.63, 3.8) is 0 Å². The van der Waals surface area contributed by atoms with Gasteiger partial charge in [-0.05, 0) is 19.1 Å². The van der Waals surface area contributed by atoms with E-state index in [2.05, 4.69) is 9.97 Å². The average Bonchev–Trinajstić information content (AvgIpc) is 2.80. The lowest BCUT2D eigenvalue weighted by atomic mass is 10.1. The van der Waals surface area contributed by atoms with Gasteiger partial charge in [-0.25, -0.2) is 4.98 Å². The first-order valence-corrected chi connectivity index (χ1v) is 7.19. The topological polar surface area (TPSA) is 121 Å². The Labute approximate surface area is 133 Å². The van der Waals surface area contributed by atoms with Gasteiger partial charge >= 0.3 is 0 Å². The van der Waals surface area contributed by atoms with E-state index in [1.54, 1.807) is 0 Å². The maximum Gasteiger partial charge on any atom is 0.203 e. The normalized spacial score (nSPS) is 27.7. The van der Waals surface area contributed by atoms with Crippen molar-refractivity contribution in [3.05, 3.63) is 32.7 Å². The lowest BCUT2D eigenvalue weighted by Gasteiger charge is -2.18. The van der Waals surface area contributed by atoms with Crippen molar-refractivity contribution in [1.82, 2.24) is 14.5 Å². The summed E-state index contributed by atoms with van der Waals surface area (Å²) in [5.74, 6) is -0.796. The number of fused-ring (bicyclic) bond motifs is 1. The molecule has 3 rings (SSSR count). The van der Waals surface area contributed by atoms with Crippen LogP contribution in [0.4, 0.5) is 4.39 Å². The molecule has 0 aromatic carbocycles. The Bertz CT molecular complexity index is 882. The Kier molecular flexibility index (Phi) is 4.02. The van der Waals surface area contributed by atoms with Crippen molar-refractivity contribution in [2.75, 3.05) is 6.61 Å².